The van der Waals surface area contributed by atoms with Gasteiger partial charge in [0.15, 0.2) is 0 Å². The topological polar surface area (TPSA) is 12.0 Å². The molecule has 0 bridgehead atoms. The first kappa shape index (κ1) is 9.69. The van der Waals surface area contributed by atoms with Crippen molar-refractivity contribution >= 4 is 31.9 Å². The first-order valence-electron chi connectivity index (χ1n) is 4.42. The van der Waals surface area contributed by atoms with Crippen molar-refractivity contribution in [3.8, 4) is 0 Å². The average molecular weight is 305 g/mol. The molecule has 1 atom stereocenters. The third-order valence-corrected chi connectivity index (χ3v) is 3.33. The molecule has 13 heavy (non-hydrogen) atoms. The second-order valence-electron chi connectivity index (χ2n) is 3.39. The second kappa shape index (κ2) is 4.11. The fraction of sp³-hybridized carbons (Fsp3) is 0.400. The Labute approximate surface area is 95.2 Å². The Morgan fingerprint density at radius 1 is 1.15 bits per heavy atom. The smallest absolute Gasteiger partial charge is 0.0189 e. The van der Waals surface area contributed by atoms with E-state index in [0.29, 0.717) is 5.92 Å². The molecule has 0 spiro atoms. The average Bonchev–Trinajstić information content (AvgIpc) is 2.53. The van der Waals surface area contributed by atoms with Gasteiger partial charge in [0.25, 0.3) is 0 Å². The van der Waals surface area contributed by atoms with Crippen molar-refractivity contribution in [3.05, 3.63) is 32.7 Å². The molecule has 1 fully saturated rings. The molecule has 1 N–H and O–H groups in total. The number of halogens is 2. The van der Waals surface area contributed by atoms with Gasteiger partial charge >= 0.3 is 0 Å². The third kappa shape index (κ3) is 2.33. The summed E-state index contributed by atoms with van der Waals surface area (Å²) in [6, 6.07) is 6.50. The largest absolute Gasteiger partial charge is 0.316 e. The molecular weight excluding hydrogens is 294 g/mol. The van der Waals surface area contributed by atoms with E-state index in [-0.39, 0.29) is 0 Å². The minimum atomic E-state index is 0.689. The minimum absolute atomic E-state index is 0.689. The second-order valence-corrected chi connectivity index (χ2v) is 5.22. The summed E-state index contributed by atoms with van der Waals surface area (Å²) in [5.74, 6) is 0.689. The molecule has 0 aromatic heterocycles. The lowest BCUT2D eigenvalue weighted by molar-refractivity contribution is 0.762. The maximum absolute atomic E-state index is 3.51. The van der Waals surface area contributed by atoms with Gasteiger partial charge in [0.2, 0.25) is 0 Å². The van der Waals surface area contributed by atoms with Gasteiger partial charge in [-0.1, -0.05) is 31.9 Å². The summed E-state index contributed by atoms with van der Waals surface area (Å²) >= 11 is 7.02. The van der Waals surface area contributed by atoms with Gasteiger partial charge in [0.05, 0.1) is 0 Å². The van der Waals surface area contributed by atoms with Gasteiger partial charge < -0.3 is 5.32 Å². The lowest BCUT2D eigenvalue weighted by Gasteiger charge is -2.09. The standard InChI is InChI=1S/C10H11Br2N/c11-9-3-8(4-10(12)5-9)7-1-2-13-6-7/h3-5,7,13H,1-2,6H2. The zero-order valence-electron chi connectivity index (χ0n) is 7.19. The highest BCUT2D eigenvalue weighted by Crippen LogP contribution is 2.28. The van der Waals surface area contributed by atoms with Crippen molar-refractivity contribution < 1.29 is 0 Å². The Hall–Kier alpha value is 0.140. The van der Waals surface area contributed by atoms with Crippen LogP contribution in [0, 0.1) is 0 Å². The van der Waals surface area contributed by atoms with E-state index in [2.05, 4.69) is 55.4 Å². The summed E-state index contributed by atoms with van der Waals surface area (Å²) in [4.78, 5) is 0. The highest BCUT2D eigenvalue weighted by molar-refractivity contribution is 9.11. The van der Waals surface area contributed by atoms with Crippen molar-refractivity contribution in [2.24, 2.45) is 0 Å². The molecule has 0 aliphatic carbocycles. The zero-order chi connectivity index (χ0) is 9.26. The Bertz CT molecular complexity index is 286. The normalized spacial score (nSPS) is 22.2. The number of benzene rings is 1. The van der Waals surface area contributed by atoms with Crippen LogP contribution < -0.4 is 5.32 Å². The summed E-state index contributed by atoms with van der Waals surface area (Å²) in [5.41, 5.74) is 1.42. The van der Waals surface area contributed by atoms with Gasteiger partial charge in [0.1, 0.15) is 0 Å². The van der Waals surface area contributed by atoms with Gasteiger partial charge in [-0.15, -0.1) is 0 Å². The summed E-state index contributed by atoms with van der Waals surface area (Å²) in [7, 11) is 0. The van der Waals surface area contributed by atoms with Gasteiger partial charge in [-0.2, -0.15) is 0 Å². The Balaban J connectivity index is 2.28. The van der Waals surface area contributed by atoms with Gasteiger partial charge in [-0.3, -0.25) is 0 Å². The first-order chi connectivity index (χ1) is 6.25. The molecule has 1 nitrogen and oxygen atoms in total. The Morgan fingerprint density at radius 3 is 2.38 bits per heavy atom. The highest BCUT2D eigenvalue weighted by atomic mass is 79.9. The van der Waals surface area contributed by atoms with E-state index >= 15 is 0 Å². The number of nitrogens with one attached hydrogen (secondary N) is 1. The van der Waals surface area contributed by atoms with Crippen molar-refractivity contribution in [2.75, 3.05) is 13.1 Å². The van der Waals surface area contributed by atoms with Crippen LogP contribution in [0.3, 0.4) is 0 Å². The molecule has 3 heteroatoms. The fourth-order valence-electron chi connectivity index (χ4n) is 1.75. The maximum Gasteiger partial charge on any atom is 0.0189 e. The number of hydrogen-bond acceptors (Lipinski definition) is 1. The predicted octanol–water partition coefficient (Wildman–Crippen LogP) is 3.29. The van der Waals surface area contributed by atoms with Crippen LogP contribution >= 0.6 is 31.9 Å². The van der Waals surface area contributed by atoms with Crippen LogP contribution in [0.5, 0.6) is 0 Å². The van der Waals surface area contributed by atoms with E-state index in [9.17, 15) is 0 Å². The third-order valence-electron chi connectivity index (χ3n) is 2.42. The van der Waals surface area contributed by atoms with Crippen LogP contribution in [0.4, 0.5) is 0 Å². The van der Waals surface area contributed by atoms with Gasteiger partial charge in [-0.25, -0.2) is 0 Å². The monoisotopic (exact) mass is 303 g/mol. The van der Waals surface area contributed by atoms with Gasteiger partial charge in [-0.05, 0) is 42.6 Å². The molecule has 70 valence electrons. The summed E-state index contributed by atoms with van der Waals surface area (Å²) < 4.78 is 2.31. The van der Waals surface area contributed by atoms with E-state index in [1.807, 2.05) is 0 Å². The van der Waals surface area contributed by atoms with Crippen molar-refractivity contribution in [1.29, 1.82) is 0 Å². The van der Waals surface area contributed by atoms with Crippen LogP contribution in [0.25, 0.3) is 0 Å². The SMILES string of the molecule is Brc1cc(Br)cc(C2CCNC2)c1. The first-order valence-corrected chi connectivity index (χ1v) is 6.01. The minimum Gasteiger partial charge on any atom is -0.316 e. The lowest BCUT2D eigenvalue weighted by Crippen LogP contribution is -2.07. The van der Waals surface area contributed by atoms with Gasteiger partial charge in [0, 0.05) is 15.5 Å². The van der Waals surface area contributed by atoms with E-state index in [0.717, 1.165) is 22.0 Å². The molecule has 0 amide bonds. The summed E-state index contributed by atoms with van der Waals surface area (Å²) in [5, 5.41) is 3.38. The molecule has 0 radical (unpaired) electrons. The number of hydrogen-bond donors (Lipinski definition) is 1. The molecule has 1 aliphatic heterocycles. The predicted molar refractivity (Wildman–Crippen MR) is 62.1 cm³/mol. The van der Waals surface area contributed by atoms with Crippen LogP contribution in [-0.2, 0) is 0 Å². The fourth-order valence-corrected chi connectivity index (χ4v) is 3.08. The van der Waals surface area contributed by atoms with Crippen LogP contribution in [0.2, 0.25) is 0 Å². The molecule has 1 unspecified atom stereocenters. The maximum atomic E-state index is 3.51. The molecule has 0 saturated carbocycles. The molecule has 1 aromatic rings. The van der Waals surface area contributed by atoms with Crippen molar-refractivity contribution in [2.45, 2.75) is 12.3 Å². The number of rotatable bonds is 1. The van der Waals surface area contributed by atoms with Crippen molar-refractivity contribution in [1.82, 2.24) is 5.32 Å². The summed E-state index contributed by atoms with van der Waals surface area (Å²) in [6.07, 6.45) is 1.25. The molecule has 1 aromatic carbocycles. The molecule has 2 rings (SSSR count). The van der Waals surface area contributed by atoms with Crippen molar-refractivity contribution in [3.63, 3.8) is 0 Å². The Morgan fingerprint density at radius 2 is 1.85 bits per heavy atom. The summed E-state index contributed by atoms with van der Waals surface area (Å²) in [6.45, 7) is 2.26. The lowest BCUT2D eigenvalue weighted by atomic mass is 9.99. The van der Waals surface area contributed by atoms with E-state index in [4.69, 9.17) is 0 Å². The van der Waals surface area contributed by atoms with Crippen LogP contribution in [-0.4, -0.2) is 13.1 Å². The highest BCUT2D eigenvalue weighted by Gasteiger charge is 2.16. The zero-order valence-corrected chi connectivity index (χ0v) is 10.4. The van der Waals surface area contributed by atoms with Crippen LogP contribution in [0.15, 0.2) is 27.1 Å². The van der Waals surface area contributed by atoms with Crippen LogP contribution in [0.1, 0.15) is 17.9 Å². The van der Waals surface area contributed by atoms with E-state index < -0.39 is 0 Å². The van der Waals surface area contributed by atoms with E-state index in [1.54, 1.807) is 0 Å². The molecular formula is C10H11Br2N. The molecule has 1 saturated heterocycles. The van der Waals surface area contributed by atoms with E-state index in [1.165, 1.54) is 12.0 Å². The quantitative estimate of drug-likeness (QED) is 0.839. The molecule has 1 heterocycles. The Kier molecular flexibility index (Phi) is 3.06. The molecule has 1 aliphatic rings.